The maximum absolute atomic E-state index is 5.73. The standard InChI is InChI=1S/C10H13NO2/c1-4-7-5-8(11)10(13-3)9(6-7)12-2/h4-6H,1,11H2,2-3H3. The zero-order valence-electron chi connectivity index (χ0n) is 7.83. The number of hydrogen-bond acceptors (Lipinski definition) is 3. The molecule has 0 radical (unpaired) electrons. The first-order chi connectivity index (χ1) is 6.22. The number of nitrogens with two attached hydrogens (primary N) is 1. The van der Waals surface area contributed by atoms with E-state index in [1.54, 1.807) is 26.4 Å². The smallest absolute Gasteiger partial charge is 0.183 e. The highest BCUT2D eigenvalue weighted by atomic mass is 16.5. The molecule has 3 nitrogen and oxygen atoms in total. The largest absolute Gasteiger partial charge is 0.493 e. The minimum absolute atomic E-state index is 0.553. The number of methoxy groups -OCH3 is 2. The van der Waals surface area contributed by atoms with Crippen molar-refractivity contribution in [2.24, 2.45) is 0 Å². The van der Waals surface area contributed by atoms with E-state index < -0.39 is 0 Å². The minimum Gasteiger partial charge on any atom is -0.493 e. The molecule has 0 heterocycles. The number of anilines is 1. The molecule has 0 spiro atoms. The van der Waals surface area contributed by atoms with Gasteiger partial charge in [-0.05, 0) is 17.7 Å². The predicted octanol–water partition coefficient (Wildman–Crippen LogP) is 1.93. The van der Waals surface area contributed by atoms with Gasteiger partial charge in [-0.1, -0.05) is 12.7 Å². The lowest BCUT2D eigenvalue weighted by atomic mass is 10.1. The van der Waals surface area contributed by atoms with Crippen LogP contribution in [0.15, 0.2) is 18.7 Å². The van der Waals surface area contributed by atoms with E-state index in [2.05, 4.69) is 6.58 Å². The summed E-state index contributed by atoms with van der Waals surface area (Å²) in [6.45, 7) is 3.65. The highest BCUT2D eigenvalue weighted by molar-refractivity contribution is 5.67. The van der Waals surface area contributed by atoms with Crippen LogP contribution in [0, 0.1) is 0 Å². The van der Waals surface area contributed by atoms with Crippen molar-refractivity contribution in [3.63, 3.8) is 0 Å². The SMILES string of the molecule is C=Cc1cc(N)c(OC)c(OC)c1. The van der Waals surface area contributed by atoms with E-state index in [4.69, 9.17) is 15.2 Å². The Kier molecular flexibility index (Phi) is 2.80. The molecule has 0 aliphatic heterocycles. The molecular formula is C10H13NO2. The molecule has 1 aromatic rings. The van der Waals surface area contributed by atoms with Crippen molar-refractivity contribution in [1.82, 2.24) is 0 Å². The fraction of sp³-hybridized carbons (Fsp3) is 0.200. The summed E-state index contributed by atoms with van der Waals surface area (Å²) in [5, 5.41) is 0. The summed E-state index contributed by atoms with van der Waals surface area (Å²) < 4.78 is 10.2. The third-order valence-corrected chi connectivity index (χ3v) is 1.77. The van der Waals surface area contributed by atoms with Crippen LogP contribution in [0.4, 0.5) is 5.69 Å². The quantitative estimate of drug-likeness (QED) is 0.721. The molecule has 0 saturated carbocycles. The minimum atomic E-state index is 0.553. The van der Waals surface area contributed by atoms with Crippen molar-refractivity contribution in [2.45, 2.75) is 0 Å². The maximum atomic E-state index is 5.73. The lowest BCUT2D eigenvalue weighted by Crippen LogP contribution is -1.96. The van der Waals surface area contributed by atoms with Gasteiger partial charge in [-0.25, -0.2) is 0 Å². The van der Waals surface area contributed by atoms with Crippen molar-refractivity contribution < 1.29 is 9.47 Å². The van der Waals surface area contributed by atoms with Crippen molar-refractivity contribution in [3.05, 3.63) is 24.3 Å². The van der Waals surface area contributed by atoms with E-state index in [1.807, 2.05) is 6.07 Å². The molecule has 0 bridgehead atoms. The number of hydrogen-bond donors (Lipinski definition) is 1. The van der Waals surface area contributed by atoms with Crippen LogP contribution in [0.5, 0.6) is 11.5 Å². The average molecular weight is 179 g/mol. The van der Waals surface area contributed by atoms with Crippen molar-refractivity contribution in [3.8, 4) is 11.5 Å². The Morgan fingerprint density at radius 3 is 2.46 bits per heavy atom. The van der Waals surface area contributed by atoms with Gasteiger partial charge in [0.25, 0.3) is 0 Å². The first kappa shape index (κ1) is 9.45. The van der Waals surface area contributed by atoms with E-state index in [-0.39, 0.29) is 0 Å². The first-order valence-corrected chi connectivity index (χ1v) is 3.87. The van der Waals surface area contributed by atoms with Crippen LogP contribution in [-0.2, 0) is 0 Å². The molecule has 1 aromatic carbocycles. The second kappa shape index (κ2) is 3.85. The third-order valence-electron chi connectivity index (χ3n) is 1.77. The van der Waals surface area contributed by atoms with E-state index in [9.17, 15) is 0 Å². The summed E-state index contributed by atoms with van der Waals surface area (Å²) in [7, 11) is 3.13. The molecule has 0 atom stereocenters. The fourth-order valence-corrected chi connectivity index (χ4v) is 1.13. The monoisotopic (exact) mass is 179 g/mol. The van der Waals surface area contributed by atoms with Crippen LogP contribution < -0.4 is 15.2 Å². The van der Waals surface area contributed by atoms with E-state index in [1.165, 1.54) is 0 Å². The Morgan fingerprint density at radius 2 is 2.00 bits per heavy atom. The van der Waals surface area contributed by atoms with Gasteiger partial charge < -0.3 is 15.2 Å². The van der Waals surface area contributed by atoms with Crippen molar-refractivity contribution in [2.75, 3.05) is 20.0 Å². The Bertz CT molecular complexity index is 321. The molecular weight excluding hydrogens is 166 g/mol. The Hall–Kier alpha value is -1.64. The van der Waals surface area contributed by atoms with Gasteiger partial charge in [0, 0.05) is 0 Å². The number of ether oxygens (including phenoxy) is 2. The summed E-state index contributed by atoms with van der Waals surface area (Å²) in [5.41, 5.74) is 7.20. The van der Waals surface area contributed by atoms with E-state index in [0.717, 1.165) is 5.56 Å². The first-order valence-electron chi connectivity index (χ1n) is 3.87. The molecule has 0 aliphatic carbocycles. The maximum Gasteiger partial charge on any atom is 0.183 e. The van der Waals surface area contributed by atoms with Gasteiger partial charge in [-0.15, -0.1) is 0 Å². The van der Waals surface area contributed by atoms with E-state index in [0.29, 0.717) is 17.2 Å². The number of nitrogen functional groups attached to an aromatic ring is 1. The van der Waals surface area contributed by atoms with E-state index >= 15 is 0 Å². The lowest BCUT2D eigenvalue weighted by molar-refractivity contribution is 0.356. The van der Waals surface area contributed by atoms with Crippen molar-refractivity contribution >= 4 is 11.8 Å². The third kappa shape index (κ3) is 1.75. The molecule has 70 valence electrons. The lowest BCUT2D eigenvalue weighted by Gasteiger charge is -2.10. The number of benzene rings is 1. The predicted molar refractivity (Wildman–Crippen MR) is 54.0 cm³/mol. The highest BCUT2D eigenvalue weighted by Gasteiger charge is 2.07. The van der Waals surface area contributed by atoms with Gasteiger partial charge in [-0.2, -0.15) is 0 Å². The molecule has 0 aliphatic rings. The van der Waals surface area contributed by atoms with Crippen LogP contribution in [0.25, 0.3) is 6.08 Å². The van der Waals surface area contributed by atoms with Crippen LogP contribution in [-0.4, -0.2) is 14.2 Å². The van der Waals surface area contributed by atoms with Gasteiger partial charge in [0.2, 0.25) is 0 Å². The molecule has 0 unspecified atom stereocenters. The van der Waals surface area contributed by atoms with Crippen LogP contribution in [0.3, 0.4) is 0 Å². The van der Waals surface area contributed by atoms with Gasteiger partial charge in [-0.3, -0.25) is 0 Å². The molecule has 0 amide bonds. The van der Waals surface area contributed by atoms with Gasteiger partial charge >= 0.3 is 0 Å². The van der Waals surface area contributed by atoms with Gasteiger partial charge in [0.15, 0.2) is 11.5 Å². The molecule has 2 N–H and O–H groups in total. The van der Waals surface area contributed by atoms with Crippen LogP contribution >= 0.6 is 0 Å². The summed E-state index contributed by atoms with van der Waals surface area (Å²) in [6.07, 6.45) is 1.71. The molecule has 0 fully saturated rings. The van der Waals surface area contributed by atoms with Crippen LogP contribution in [0.2, 0.25) is 0 Å². The molecule has 1 rings (SSSR count). The summed E-state index contributed by atoms with van der Waals surface area (Å²) in [6, 6.07) is 3.61. The van der Waals surface area contributed by atoms with Crippen molar-refractivity contribution in [1.29, 1.82) is 0 Å². The van der Waals surface area contributed by atoms with Crippen LogP contribution in [0.1, 0.15) is 5.56 Å². The molecule has 3 heteroatoms. The zero-order valence-corrected chi connectivity index (χ0v) is 7.83. The fourth-order valence-electron chi connectivity index (χ4n) is 1.13. The Balaban J connectivity index is 3.28. The molecule has 0 saturated heterocycles. The summed E-state index contributed by atoms with van der Waals surface area (Å²) in [4.78, 5) is 0. The summed E-state index contributed by atoms with van der Waals surface area (Å²) in [5.74, 6) is 1.19. The molecule has 0 aromatic heterocycles. The normalized spacial score (nSPS) is 9.38. The zero-order chi connectivity index (χ0) is 9.84. The molecule has 13 heavy (non-hydrogen) atoms. The Labute approximate surface area is 77.8 Å². The topological polar surface area (TPSA) is 44.5 Å². The number of rotatable bonds is 3. The second-order valence-electron chi connectivity index (χ2n) is 2.55. The Morgan fingerprint density at radius 1 is 1.31 bits per heavy atom. The highest BCUT2D eigenvalue weighted by Crippen LogP contribution is 2.34. The average Bonchev–Trinajstić information content (AvgIpc) is 2.16. The van der Waals surface area contributed by atoms with Gasteiger partial charge in [0.05, 0.1) is 19.9 Å². The van der Waals surface area contributed by atoms with Gasteiger partial charge in [0.1, 0.15) is 0 Å². The second-order valence-corrected chi connectivity index (χ2v) is 2.55. The summed E-state index contributed by atoms with van der Waals surface area (Å²) >= 11 is 0.